The van der Waals surface area contributed by atoms with Gasteiger partial charge in [0, 0.05) is 13.6 Å². The fraction of sp³-hybridized carbons (Fsp3) is 0.440. The van der Waals surface area contributed by atoms with Crippen LogP contribution in [0.2, 0.25) is 0 Å². The summed E-state index contributed by atoms with van der Waals surface area (Å²) in [6.07, 6.45) is 0.515. The highest BCUT2D eigenvalue weighted by Gasteiger charge is 2.28. The van der Waals surface area contributed by atoms with Crippen LogP contribution in [0.25, 0.3) is 0 Å². The lowest BCUT2D eigenvalue weighted by atomic mass is 9.87. The summed E-state index contributed by atoms with van der Waals surface area (Å²) in [5, 5.41) is 2.67. The zero-order chi connectivity index (χ0) is 23.2. The molecular weight excluding hydrogens is 456 g/mol. The Hall–Kier alpha value is -2.34. The van der Waals surface area contributed by atoms with E-state index in [0.29, 0.717) is 18.7 Å². The topological polar surface area (TPSA) is 58.6 Å². The maximum absolute atomic E-state index is 13.2. The second-order valence-corrected chi connectivity index (χ2v) is 9.58. The largest absolute Gasteiger partial charge is 0.483 e. The van der Waals surface area contributed by atoms with Crippen molar-refractivity contribution < 1.29 is 14.3 Å². The third kappa shape index (κ3) is 6.82. The van der Waals surface area contributed by atoms with Crippen LogP contribution in [0, 0.1) is 6.92 Å². The van der Waals surface area contributed by atoms with Crippen LogP contribution in [0.15, 0.2) is 46.9 Å². The molecule has 0 saturated carbocycles. The molecule has 31 heavy (non-hydrogen) atoms. The number of carbonyl (C=O) groups excluding carboxylic acids is 2. The number of hydrogen-bond donors (Lipinski definition) is 1. The van der Waals surface area contributed by atoms with E-state index in [9.17, 15) is 9.59 Å². The zero-order valence-corrected chi connectivity index (χ0v) is 20.9. The molecule has 0 aliphatic rings. The van der Waals surface area contributed by atoms with E-state index in [0.717, 1.165) is 15.6 Å². The number of aryl methyl sites for hydroxylation is 1. The predicted molar refractivity (Wildman–Crippen MR) is 128 cm³/mol. The van der Waals surface area contributed by atoms with Crippen LogP contribution in [0.5, 0.6) is 5.75 Å². The molecule has 2 aromatic carbocycles. The van der Waals surface area contributed by atoms with Gasteiger partial charge < -0.3 is 15.0 Å². The average Bonchev–Trinajstić information content (AvgIpc) is 2.72. The first-order valence-electron chi connectivity index (χ1n) is 10.6. The first kappa shape index (κ1) is 24.9. The summed E-state index contributed by atoms with van der Waals surface area (Å²) in [7, 11) is 1.59. The number of amides is 2. The number of rotatable bonds is 8. The van der Waals surface area contributed by atoms with E-state index in [1.54, 1.807) is 11.9 Å². The molecular formula is C25H33BrN2O3. The standard InChI is InChI=1S/C25H33BrN2O3/c1-7-21(24(30)27-6)28(15-18-10-8-17(2)9-11-18)23(29)16-31-22-13-12-19(14-20(22)26)25(3,4)5/h8-14,21H,7,15-16H2,1-6H3,(H,27,30). The summed E-state index contributed by atoms with van der Waals surface area (Å²) in [4.78, 5) is 27.2. The van der Waals surface area contributed by atoms with E-state index in [1.165, 1.54) is 5.56 Å². The SMILES string of the molecule is CCC(C(=O)NC)N(Cc1ccc(C)cc1)C(=O)COc1ccc(C(C)(C)C)cc1Br. The molecule has 1 N–H and O–H groups in total. The number of ether oxygens (including phenoxy) is 1. The van der Waals surface area contributed by atoms with E-state index >= 15 is 0 Å². The fourth-order valence-electron chi connectivity index (χ4n) is 3.28. The van der Waals surface area contributed by atoms with E-state index in [4.69, 9.17) is 4.74 Å². The van der Waals surface area contributed by atoms with Gasteiger partial charge in [0.25, 0.3) is 5.91 Å². The third-order valence-corrected chi connectivity index (χ3v) is 5.87. The highest BCUT2D eigenvalue weighted by Crippen LogP contribution is 2.31. The van der Waals surface area contributed by atoms with Gasteiger partial charge in [0.15, 0.2) is 6.61 Å². The lowest BCUT2D eigenvalue weighted by molar-refractivity contribution is -0.142. The van der Waals surface area contributed by atoms with Crippen LogP contribution in [0.4, 0.5) is 0 Å². The molecule has 2 aromatic rings. The monoisotopic (exact) mass is 488 g/mol. The van der Waals surface area contributed by atoms with Crippen molar-refractivity contribution in [3.05, 3.63) is 63.6 Å². The van der Waals surface area contributed by atoms with Gasteiger partial charge in [-0.15, -0.1) is 0 Å². The molecule has 2 amide bonds. The summed E-state index contributed by atoms with van der Waals surface area (Å²) < 4.78 is 6.64. The summed E-state index contributed by atoms with van der Waals surface area (Å²) in [5.74, 6) is 0.186. The normalized spacial score (nSPS) is 12.2. The van der Waals surface area contributed by atoms with Crippen LogP contribution in [0.3, 0.4) is 0 Å². The molecule has 5 nitrogen and oxygen atoms in total. The Labute approximate surface area is 194 Å². The Kier molecular flexibility index (Phi) is 8.69. The first-order valence-corrected chi connectivity index (χ1v) is 11.4. The highest BCUT2D eigenvalue weighted by atomic mass is 79.9. The van der Waals surface area contributed by atoms with Crippen molar-refractivity contribution in [3.63, 3.8) is 0 Å². The van der Waals surface area contributed by atoms with E-state index in [1.807, 2.05) is 56.3 Å². The van der Waals surface area contributed by atoms with Gasteiger partial charge >= 0.3 is 0 Å². The van der Waals surface area contributed by atoms with Crippen LogP contribution >= 0.6 is 15.9 Å². The molecule has 1 atom stereocenters. The fourth-order valence-corrected chi connectivity index (χ4v) is 3.78. The number of carbonyl (C=O) groups is 2. The summed E-state index contributed by atoms with van der Waals surface area (Å²) in [6, 6.07) is 13.3. The molecule has 0 aliphatic heterocycles. The summed E-state index contributed by atoms with van der Waals surface area (Å²) in [6.45, 7) is 10.6. The van der Waals surface area contributed by atoms with E-state index < -0.39 is 6.04 Å². The zero-order valence-electron chi connectivity index (χ0n) is 19.3. The Morgan fingerprint density at radius 3 is 2.29 bits per heavy atom. The quantitative estimate of drug-likeness (QED) is 0.569. The van der Waals surface area contributed by atoms with Crippen LogP contribution in [-0.2, 0) is 21.5 Å². The van der Waals surface area contributed by atoms with Gasteiger partial charge in [0.2, 0.25) is 5.91 Å². The lowest BCUT2D eigenvalue weighted by Gasteiger charge is -2.30. The molecule has 0 radical (unpaired) electrons. The molecule has 0 spiro atoms. The molecule has 0 fully saturated rings. The minimum absolute atomic E-state index is 0.0174. The first-order chi connectivity index (χ1) is 14.6. The van der Waals surface area contributed by atoms with Gasteiger partial charge in [-0.2, -0.15) is 0 Å². The van der Waals surface area contributed by atoms with Gasteiger partial charge in [-0.25, -0.2) is 0 Å². The average molecular weight is 489 g/mol. The van der Waals surface area contributed by atoms with Crippen LogP contribution in [0.1, 0.15) is 50.8 Å². The maximum Gasteiger partial charge on any atom is 0.261 e. The molecule has 6 heteroatoms. The predicted octanol–water partition coefficient (Wildman–Crippen LogP) is 4.99. The van der Waals surface area contributed by atoms with E-state index in [2.05, 4.69) is 42.0 Å². The number of halogens is 1. The van der Waals surface area contributed by atoms with Gasteiger partial charge in [-0.1, -0.05) is 63.6 Å². The number of benzene rings is 2. The number of hydrogen-bond acceptors (Lipinski definition) is 3. The van der Waals surface area contributed by atoms with Crippen molar-refractivity contribution in [3.8, 4) is 5.75 Å². The molecule has 2 rings (SSSR count). The minimum atomic E-state index is -0.561. The van der Waals surface area contributed by atoms with Crippen LogP contribution < -0.4 is 10.1 Å². The van der Waals surface area contributed by atoms with Crippen molar-refractivity contribution in [1.29, 1.82) is 0 Å². The van der Waals surface area contributed by atoms with E-state index in [-0.39, 0.29) is 23.8 Å². The second kappa shape index (κ2) is 10.8. The van der Waals surface area contributed by atoms with Crippen LogP contribution in [-0.4, -0.2) is 36.4 Å². The summed E-state index contributed by atoms with van der Waals surface area (Å²) >= 11 is 3.55. The Morgan fingerprint density at radius 1 is 1.13 bits per heavy atom. The van der Waals surface area contributed by atoms with Gasteiger partial charge in [-0.3, -0.25) is 9.59 Å². The van der Waals surface area contributed by atoms with Crippen molar-refractivity contribution >= 4 is 27.7 Å². The van der Waals surface area contributed by atoms with Crippen molar-refractivity contribution in [2.45, 2.75) is 59.0 Å². The number of nitrogens with one attached hydrogen (secondary N) is 1. The smallest absolute Gasteiger partial charge is 0.261 e. The third-order valence-electron chi connectivity index (χ3n) is 5.25. The molecule has 0 saturated heterocycles. The van der Waals surface area contributed by atoms with Gasteiger partial charge in [0.05, 0.1) is 4.47 Å². The highest BCUT2D eigenvalue weighted by molar-refractivity contribution is 9.10. The molecule has 1 unspecified atom stereocenters. The molecule has 0 bridgehead atoms. The molecule has 0 aliphatic carbocycles. The molecule has 0 aromatic heterocycles. The van der Waals surface area contributed by atoms with Crippen molar-refractivity contribution in [2.75, 3.05) is 13.7 Å². The minimum Gasteiger partial charge on any atom is -0.483 e. The van der Waals surface area contributed by atoms with Crippen molar-refractivity contribution in [2.24, 2.45) is 0 Å². The summed E-state index contributed by atoms with van der Waals surface area (Å²) in [5.41, 5.74) is 3.30. The Bertz CT molecular complexity index is 904. The maximum atomic E-state index is 13.2. The number of likely N-dealkylation sites (N-methyl/N-ethyl adjacent to an activating group) is 1. The molecule has 168 valence electrons. The second-order valence-electron chi connectivity index (χ2n) is 8.73. The van der Waals surface area contributed by atoms with Gasteiger partial charge in [-0.05, 0) is 57.9 Å². The Morgan fingerprint density at radius 2 is 1.77 bits per heavy atom. The molecule has 0 heterocycles. The van der Waals surface area contributed by atoms with Gasteiger partial charge in [0.1, 0.15) is 11.8 Å². The number of nitrogens with zero attached hydrogens (tertiary/aromatic N) is 1. The Balaban J connectivity index is 2.20. The lowest BCUT2D eigenvalue weighted by Crippen LogP contribution is -2.49. The van der Waals surface area contributed by atoms with Crippen molar-refractivity contribution in [1.82, 2.24) is 10.2 Å².